The van der Waals surface area contributed by atoms with E-state index in [-0.39, 0.29) is 6.42 Å². The lowest BCUT2D eigenvalue weighted by molar-refractivity contribution is -0.137. The Morgan fingerprint density at radius 3 is 2.53 bits per heavy atom. The number of carboxylic acids is 1. The average Bonchev–Trinajstić information content (AvgIpc) is 2.35. The zero-order chi connectivity index (χ0) is 14.6. The number of hydrogen-bond donors (Lipinski definition) is 2. The third-order valence-corrected chi connectivity index (χ3v) is 3.54. The lowest BCUT2D eigenvalue weighted by Gasteiger charge is -2.21. The van der Waals surface area contributed by atoms with Gasteiger partial charge in [-0.15, -0.1) is 0 Å². The van der Waals surface area contributed by atoms with Gasteiger partial charge in [-0.3, -0.25) is 4.79 Å². The molecule has 0 aliphatic heterocycles. The van der Waals surface area contributed by atoms with Crippen molar-refractivity contribution in [3.05, 3.63) is 21.7 Å². The quantitative estimate of drug-likeness (QED) is 0.836. The van der Waals surface area contributed by atoms with E-state index in [2.05, 4.69) is 15.9 Å². The van der Waals surface area contributed by atoms with Crippen molar-refractivity contribution >= 4 is 21.9 Å². The predicted octanol–water partition coefficient (Wildman–Crippen LogP) is 2.50. The number of nitrogens with two attached hydrogens (primary N) is 1. The van der Waals surface area contributed by atoms with Gasteiger partial charge in [0.05, 0.1) is 20.6 Å². The summed E-state index contributed by atoms with van der Waals surface area (Å²) in [5.74, 6) is 0.262. The van der Waals surface area contributed by atoms with Crippen molar-refractivity contribution in [2.75, 3.05) is 14.2 Å². The minimum atomic E-state index is -0.934. The Morgan fingerprint density at radius 1 is 1.47 bits per heavy atom. The van der Waals surface area contributed by atoms with E-state index in [0.29, 0.717) is 17.9 Å². The number of carbonyl (C=O) groups is 1. The van der Waals surface area contributed by atoms with Crippen molar-refractivity contribution in [3.8, 4) is 11.5 Å². The lowest BCUT2D eigenvalue weighted by Crippen LogP contribution is -2.18. The van der Waals surface area contributed by atoms with Crippen LogP contribution in [0.5, 0.6) is 11.5 Å². The summed E-state index contributed by atoms with van der Waals surface area (Å²) >= 11 is 3.42. The minimum absolute atomic E-state index is 0.138. The third-order valence-electron chi connectivity index (χ3n) is 2.88. The van der Waals surface area contributed by atoms with Crippen LogP contribution in [0.3, 0.4) is 0 Å². The Bertz CT molecular complexity index is 476. The van der Waals surface area contributed by atoms with E-state index in [1.807, 2.05) is 6.92 Å². The van der Waals surface area contributed by atoms with Crippen molar-refractivity contribution in [2.45, 2.75) is 25.8 Å². The fourth-order valence-electron chi connectivity index (χ4n) is 2.09. The van der Waals surface area contributed by atoms with Crippen LogP contribution in [0.15, 0.2) is 10.5 Å². The van der Waals surface area contributed by atoms with Crippen molar-refractivity contribution in [2.24, 2.45) is 5.73 Å². The molecule has 1 unspecified atom stereocenters. The highest BCUT2D eigenvalue weighted by atomic mass is 79.9. The molecule has 3 N–H and O–H groups in total. The molecule has 1 aromatic rings. The summed E-state index contributed by atoms with van der Waals surface area (Å²) in [7, 11) is 3.11. The zero-order valence-corrected chi connectivity index (χ0v) is 12.8. The van der Waals surface area contributed by atoms with Gasteiger partial charge in [-0.2, -0.15) is 0 Å². The maximum Gasteiger partial charge on any atom is 0.305 e. The Kier molecular flexibility index (Phi) is 5.62. The molecular formula is C13H18BrNO4. The highest BCUT2D eigenvalue weighted by Gasteiger charge is 2.23. The summed E-state index contributed by atoms with van der Waals surface area (Å²) in [6.07, 6.45) is 0.530. The maximum atomic E-state index is 10.8. The van der Waals surface area contributed by atoms with Crippen molar-refractivity contribution in [3.63, 3.8) is 0 Å². The summed E-state index contributed by atoms with van der Waals surface area (Å²) in [6.45, 7) is 1.96. The number of ether oxygens (including phenoxy) is 2. The van der Waals surface area contributed by atoms with Gasteiger partial charge in [0.1, 0.15) is 0 Å². The standard InChI is InChI=1S/C13H18BrNO4/c1-4-7-12(9(15)6-11(16)17)8(14)5-10(18-2)13(7)19-3/h5,9H,4,6,15H2,1-3H3,(H,16,17). The molecule has 1 rings (SSSR count). The van der Waals surface area contributed by atoms with E-state index in [1.165, 1.54) is 0 Å². The van der Waals surface area contributed by atoms with Crippen LogP contribution in [0.2, 0.25) is 0 Å². The molecule has 0 saturated carbocycles. The van der Waals surface area contributed by atoms with E-state index in [9.17, 15) is 4.79 Å². The van der Waals surface area contributed by atoms with Gasteiger partial charge < -0.3 is 20.3 Å². The van der Waals surface area contributed by atoms with Gasteiger partial charge in [-0.25, -0.2) is 0 Å². The van der Waals surface area contributed by atoms with Crippen LogP contribution in [0.1, 0.15) is 30.5 Å². The number of benzene rings is 1. The second-order valence-electron chi connectivity index (χ2n) is 4.04. The van der Waals surface area contributed by atoms with E-state index in [0.717, 1.165) is 15.6 Å². The van der Waals surface area contributed by atoms with E-state index in [4.69, 9.17) is 20.3 Å². The van der Waals surface area contributed by atoms with Crippen molar-refractivity contribution < 1.29 is 19.4 Å². The van der Waals surface area contributed by atoms with Gasteiger partial charge in [0, 0.05) is 16.1 Å². The van der Waals surface area contributed by atoms with E-state index >= 15 is 0 Å². The largest absolute Gasteiger partial charge is 0.493 e. The molecule has 0 bridgehead atoms. The first-order chi connectivity index (χ1) is 8.96. The number of hydrogen-bond acceptors (Lipinski definition) is 4. The van der Waals surface area contributed by atoms with Crippen LogP contribution in [0.25, 0.3) is 0 Å². The maximum absolute atomic E-state index is 10.8. The highest BCUT2D eigenvalue weighted by molar-refractivity contribution is 9.10. The third kappa shape index (κ3) is 3.39. The molecule has 0 amide bonds. The van der Waals surface area contributed by atoms with E-state index < -0.39 is 12.0 Å². The number of aliphatic carboxylic acids is 1. The fraction of sp³-hybridized carbons (Fsp3) is 0.462. The van der Waals surface area contributed by atoms with E-state index in [1.54, 1.807) is 20.3 Å². The molecule has 0 saturated heterocycles. The first-order valence-electron chi connectivity index (χ1n) is 5.86. The highest BCUT2D eigenvalue weighted by Crippen LogP contribution is 2.41. The second-order valence-corrected chi connectivity index (χ2v) is 4.90. The topological polar surface area (TPSA) is 81.8 Å². The Labute approximate surface area is 120 Å². The molecule has 1 atom stereocenters. The number of halogens is 1. The normalized spacial score (nSPS) is 12.1. The Balaban J connectivity index is 3.41. The zero-order valence-electron chi connectivity index (χ0n) is 11.2. The monoisotopic (exact) mass is 331 g/mol. The smallest absolute Gasteiger partial charge is 0.305 e. The molecule has 0 radical (unpaired) electrons. The molecule has 0 aromatic heterocycles. The molecule has 6 heteroatoms. The summed E-state index contributed by atoms with van der Waals surface area (Å²) in [5.41, 5.74) is 7.60. The van der Waals surface area contributed by atoms with Crippen LogP contribution in [-0.4, -0.2) is 25.3 Å². The summed E-state index contributed by atoms with van der Waals surface area (Å²) in [4.78, 5) is 10.8. The summed E-state index contributed by atoms with van der Waals surface area (Å²) in [5, 5.41) is 8.88. The summed E-state index contributed by atoms with van der Waals surface area (Å²) < 4.78 is 11.4. The summed E-state index contributed by atoms with van der Waals surface area (Å²) in [6, 6.07) is 1.15. The molecule has 5 nitrogen and oxygen atoms in total. The van der Waals surface area contributed by atoms with Crippen LogP contribution in [0, 0.1) is 0 Å². The first-order valence-corrected chi connectivity index (χ1v) is 6.66. The lowest BCUT2D eigenvalue weighted by atomic mass is 9.95. The van der Waals surface area contributed by atoms with Gasteiger partial charge in [-0.05, 0) is 18.1 Å². The molecule has 19 heavy (non-hydrogen) atoms. The SMILES string of the molecule is CCc1c(OC)c(OC)cc(Br)c1C(N)CC(=O)O. The molecule has 0 heterocycles. The Hall–Kier alpha value is -1.27. The molecule has 1 aromatic carbocycles. The molecule has 106 valence electrons. The molecule has 0 aliphatic carbocycles. The van der Waals surface area contributed by atoms with Crippen LogP contribution >= 0.6 is 15.9 Å². The van der Waals surface area contributed by atoms with Gasteiger partial charge in [0.15, 0.2) is 11.5 Å². The second kappa shape index (κ2) is 6.77. The molecule has 0 spiro atoms. The Morgan fingerprint density at radius 2 is 2.11 bits per heavy atom. The van der Waals surface area contributed by atoms with Gasteiger partial charge in [0.25, 0.3) is 0 Å². The number of rotatable bonds is 6. The van der Waals surface area contributed by atoms with Crippen molar-refractivity contribution in [1.82, 2.24) is 0 Å². The fourth-order valence-corrected chi connectivity index (χ4v) is 2.83. The molecular weight excluding hydrogens is 314 g/mol. The minimum Gasteiger partial charge on any atom is -0.493 e. The first kappa shape index (κ1) is 15.8. The van der Waals surface area contributed by atoms with Crippen LogP contribution < -0.4 is 15.2 Å². The number of carboxylic acid groups (broad SMARTS) is 1. The predicted molar refractivity (Wildman–Crippen MR) is 75.8 cm³/mol. The molecule has 0 fully saturated rings. The number of methoxy groups -OCH3 is 2. The van der Waals surface area contributed by atoms with Crippen molar-refractivity contribution in [1.29, 1.82) is 0 Å². The molecule has 0 aliphatic rings. The van der Waals surface area contributed by atoms with Crippen LogP contribution in [-0.2, 0) is 11.2 Å². The van der Waals surface area contributed by atoms with Gasteiger partial charge in [0.2, 0.25) is 0 Å². The van der Waals surface area contributed by atoms with Gasteiger partial charge in [-0.1, -0.05) is 22.9 Å². The average molecular weight is 332 g/mol. The van der Waals surface area contributed by atoms with Crippen LogP contribution in [0.4, 0.5) is 0 Å². The van der Waals surface area contributed by atoms with Gasteiger partial charge >= 0.3 is 5.97 Å².